The monoisotopic (exact) mass is 235 g/mol. The Kier molecular flexibility index (Phi) is 3.54. The first kappa shape index (κ1) is 11.1. The fraction of sp³-hybridized carbons (Fsp3) is 0.250. The number of hydrogen-bond donors (Lipinski definition) is 1. The molecule has 0 aliphatic carbocycles. The Labute approximate surface area is 98.4 Å². The Balaban J connectivity index is 2.23. The number of aliphatic hydroxyl groups is 1. The quantitative estimate of drug-likeness (QED) is 0.885. The molecule has 0 saturated carbocycles. The molecule has 0 spiro atoms. The molecule has 0 bridgehead atoms. The van der Waals surface area contributed by atoms with Crippen LogP contribution in [0.25, 0.3) is 0 Å². The van der Waals surface area contributed by atoms with Crippen LogP contribution in [0.5, 0.6) is 5.75 Å². The van der Waals surface area contributed by atoms with Gasteiger partial charge in [0.25, 0.3) is 0 Å². The summed E-state index contributed by atoms with van der Waals surface area (Å²) in [6.45, 7) is 2.52. The number of rotatable bonds is 4. The molecule has 1 unspecified atom stereocenters. The lowest BCUT2D eigenvalue weighted by molar-refractivity contribution is 0.219. The van der Waals surface area contributed by atoms with Crippen molar-refractivity contribution in [3.05, 3.63) is 46.4 Å². The van der Waals surface area contributed by atoms with Gasteiger partial charge in [-0.05, 0) is 35.4 Å². The number of thiophene rings is 1. The van der Waals surface area contributed by atoms with Gasteiger partial charge in [0.2, 0.25) is 0 Å². The van der Waals surface area contributed by atoms with Gasteiger partial charge in [0, 0.05) is 11.8 Å². The molecule has 0 amide bonds. The Morgan fingerprint density at radius 2 is 2.31 bits per heavy atom. The molecule has 3 nitrogen and oxygen atoms in total. The van der Waals surface area contributed by atoms with E-state index < -0.39 is 6.10 Å². The predicted octanol–water partition coefficient (Wildman–Crippen LogP) is 2.62. The van der Waals surface area contributed by atoms with Gasteiger partial charge in [-0.3, -0.25) is 4.98 Å². The molecule has 1 atom stereocenters. The standard InChI is InChI=1S/C12H13NO2S/c1-2-15-11-5-10(6-13-7-11)12(14)9-3-4-16-8-9/h3-8,12,14H,2H2,1H3. The molecule has 0 radical (unpaired) electrons. The number of pyridine rings is 1. The molecule has 0 fully saturated rings. The van der Waals surface area contributed by atoms with E-state index in [1.165, 1.54) is 0 Å². The zero-order valence-electron chi connectivity index (χ0n) is 8.96. The van der Waals surface area contributed by atoms with Crippen LogP contribution < -0.4 is 4.74 Å². The molecule has 0 saturated heterocycles. The Morgan fingerprint density at radius 3 is 3.00 bits per heavy atom. The van der Waals surface area contributed by atoms with Crippen LogP contribution >= 0.6 is 11.3 Å². The van der Waals surface area contributed by atoms with E-state index in [4.69, 9.17) is 4.74 Å². The minimum Gasteiger partial charge on any atom is -0.492 e. The highest BCUT2D eigenvalue weighted by molar-refractivity contribution is 7.07. The van der Waals surface area contributed by atoms with E-state index in [0.717, 1.165) is 11.1 Å². The average molecular weight is 235 g/mol. The molecule has 2 rings (SSSR count). The van der Waals surface area contributed by atoms with Crippen LogP contribution in [-0.4, -0.2) is 16.7 Å². The van der Waals surface area contributed by atoms with E-state index in [0.29, 0.717) is 12.4 Å². The summed E-state index contributed by atoms with van der Waals surface area (Å²) in [5.41, 5.74) is 1.64. The third kappa shape index (κ3) is 2.40. The van der Waals surface area contributed by atoms with Gasteiger partial charge in [-0.15, -0.1) is 0 Å². The first-order valence-corrected chi connectivity index (χ1v) is 6.03. The van der Waals surface area contributed by atoms with Crippen molar-refractivity contribution in [3.63, 3.8) is 0 Å². The van der Waals surface area contributed by atoms with Crippen molar-refractivity contribution < 1.29 is 9.84 Å². The van der Waals surface area contributed by atoms with Gasteiger partial charge >= 0.3 is 0 Å². The second kappa shape index (κ2) is 5.09. The molecule has 2 aromatic heterocycles. The van der Waals surface area contributed by atoms with E-state index in [1.807, 2.05) is 29.8 Å². The van der Waals surface area contributed by atoms with Gasteiger partial charge in [-0.2, -0.15) is 11.3 Å². The van der Waals surface area contributed by atoms with Crippen LogP contribution in [0.4, 0.5) is 0 Å². The number of nitrogens with zero attached hydrogens (tertiary/aromatic N) is 1. The minimum atomic E-state index is -0.626. The smallest absolute Gasteiger partial charge is 0.137 e. The third-order valence-corrected chi connectivity index (χ3v) is 2.92. The molecule has 1 N–H and O–H groups in total. The van der Waals surface area contributed by atoms with E-state index in [1.54, 1.807) is 23.7 Å². The van der Waals surface area contributed by atoms with Gasteiger partial charge in [-0.25, -0.2) is 0 Å². The summed E-state index contributed by atoms with van der Waals surface area (Å²) in [6.07, 6.45) is 2.68. The van der Waals surface area contributed by atoms with Crippen LogP contribution in [0.3, 0.4) is 0 Å². The number of aliphatic hydroxyl groups excluding tert-OH is 1. The number of hydrogen-bond acceptors (Lipinski definition) is 4. The maximum absolute atomic E-state index is 10.1. The van der Waals surface area contributed by atoms with Crippen LogP contribution in [0.2, 0.25) is 0 Å². The molecule has 0 aromatic carbocycles. The fourth-order valence-corrected chi connectivity index (χ4v) is 2.13. The highest BCUT2D eigenvalue weighted by Gasteiger charge is 2.11. The maximum Gasteiger partial charge on any atom is 0.137 e. The number of aromatic nitrogens is 1. The van der Waals surface area contributed by atoms with Crippen LogP contribution in [0, 0.1) is 0 Å². The molecule has 2 heterocycles. The van der Waals surface area contributed by atoms with Crippen molar-refractivity contribution in [2.75, 3.05) is 6.61 Å². The zero-order chi connectivity index (χ0) is 11.4. The first-order valence-electron chi connectivity index (χ1n) is 5.09. The van der Waals surface area contributed by atoms with Gasteiger partial charge in [0.1, 0.15) is 11.9 Å². The highest BCUT2D eigenvalue weighted by atomic mass is 32.1. The van der Waals surface area contributed by atoms with Gasteiger partial charge < -0.3 is 9.84 Å². The van der Waals surface area contributed by atoms with Gasteiger partial charge in [0.15, 0.2) is 0 Å². The minimum absolute atomic E-state index is 0.597. The second-order valence-corrected chi connectivity index (χ2v) is 4.13. The van der Waals surface area contributed by atoms with Crippen molar-refractivity contribution in [3.8, 4) is 5.75 Å². The Morgan fingerprint density at radius 1 is 1.44 bits per heavy atom. The maximum atomic E-state index is 10.1. The highest BCUT2D eigenvalue weighted by Crippen LogP contribution is 2.25. The normalized spacial score (nSPS) is 12.4. The second-order valence-electron chi connectivity index (χ2n) is 3.35. The molecular weight excluding hydrogens is 222 g/mol. The molecule has 84 valence electrons. The van der Waals surface area contributed by atoms with Crippen molar-refractivity contribution in [1.82, 2.24) is 4.98 Å². The van der Waals surface area contributed by atoms with E-state index >= 15 is 0 Å². The van der Waals surface area contributed by atoms with Crippen molar-refractivity contribution >= 4 is 11.3 Å². The molecule has 0 aliphatic rings. The molecular formula is C12H13NO2S. The summed E-state index contributed by atoms with van der Waals surface area (Å²) in [6, 6.07) is 3.72. The average Bonchev–Trinajstić information content (AvgIpc) is 2.82. The van der Waals surface area contributed by atoms with Crippen molar-refractivity contribution in [1.29, 1.82) is 0 Å². The first-order chi connectivity index (χ1) is 7.81. The van der Waals surface area contributed by atoms with Crippen LogP contribution in [0.15, 0.2) is 35.3 Å². The summed E-state index contributed by atoms with van der Waals surface area (Å²) >= 11 is 1.57. The van der Waals surface area contributed by atoms with Crippen LogP contribution in [0.1, 0.15) is 24.2 Å². The Hall–Kier alpha value is -1.39. The fourth-order valence-electron chi connectivity index (χ4n) is 1.45. The van der Waals surface area contributed by atoms with Gasteiger partial charge in [0.05, 0.1) is 12.8 Å². The summed E-state index contributed by atoms with van der Waals surface area (Å²) in [7, 11) is 0. The van der Waals surface area contributed by atoms with Crippen molar-refractivity contribution in [2.45, 2.75) is 13.0 Å². The molecule has 0 aliphatic heterocycles. The summed E-state index contributed by atoms with van der Waals surface area (Å²) < 4.78 is 5.34. The van der Waals surface area contributed by atoms with Gasteiger partial charge in [-0.1, -0.05) is 0 Å². The zero-order valence-corrected chi connectivity index (χ0v) is 9.78. The summed E-state index contributed by atoms with van der Waals surface area (Å²) in [5, 5.41) is 14.0. The summed E-state index contributed by atoms with van der Waals surface area (Å²) in [4.78, 5) is 4.05. The lowest BCUT2D eigenvalue weighted by atomic mass is 10.1. The third-order valence-electron chi connectivity index (χ3n) is 2.22. The lowest BCUT2D eigenvalue weighted by Crippen LogP contribution is -2.00. The Bertz CT molecular complexity index is 442. The largest absolute Gasteiger partial charge is 0.492 e. The molecule has 4 heteroatoms. The predicted molar refractivity (Wildman–Crippen MR) is 63.8 cm³/mol. The molecule has 2 aromatic rings. The van der Waals surface area contributed by atoms with E-state index in [-0.39, 0.29) is 0 Å². The summed E-state index contributed by atoms with van der Waals surface area (Å²) in [5.74, 6) is 0.689. The topological polar surface area (TPSA) is 42.4 Å². The lowest BCUT2D eigenvalue weighted by Gasteiger charge is -2.10. The van der Waals surface area contributed by atoms with E-state index in [9.17, 15) is 5.11 Å². The van der Waals surface area contributed by atoms with Crippen LogP contribution in [-0.2, 0) is 0 Å². The SMILES string of the molecule is CCOc1cncc(C(O)c2ccsc2)c1. The van der Waals surface area contributed by atoms with E-state index in [2.05, 4.69) is 4.98 Å². The molecule has 16 heavy (non-hydrogen) atoms. The number of ether oxygens (including phenoxy) is 1. The van der Waals surface area contributed by atoms with Crippen molar-refractivity contribution in [2.24, 2.45) is 0 Å².